The molecule has 1 aliphatic rings. The Labute approximate surface area is 132 Å². The monoisotopic (exact) mass is 314 g/mol. The lowest BCUT2D eigenvalue weighted by atomic mass is 10.2. The second-order valence-electron chi connectivity index (χ2n) is 5.18. The fourth-order valence-corrected chi connectivity index (χ4v) is 2.54. The molecule has 1 fully saturated rings. The van der Waals surface area contributed by atoms with E-state index >= 15 is 0 Å². The van der Waals surface area contributed by atoms with Crippen LogP contribution in [-0.4, -0.2) is 25.0 Å². The number of rotatable bonds is 4. The van der Waals surface area contributed by atoms with E-state index in [2.05, 4.69) is 5.32 Å². The zero-order valence-electron chi connectivity index (χ0n) is 12.5. The Morgan fingerprint density at radius 2 is 1.96 bits per heavy atom. The van der Waals surface area contributed by atoms with E-state index in [0.29, 0.717) is 17.1 Å². The van der Waals surface area contributed by atoms with Gasteiger partial charge in [0.25, 0.3) is 5.91 Å². The first kappa shape index (κ1) is 15.0. The fourth-order valence-electron chi connectivity index (χ4n) is 2.54. The van der Waals surface area contributed by atoms with Gasteiger partial charge in [-0.25, -0.2) is 9.29 Å². The molecule has 1 atom stereocenters. The molecule has 1 heterocycles. The Kier molecular flexibility index (Phi) is 3.97. The van der Waals surface area contributed by atoms with Crippen molar-refractivity contribution in [3.8, 4) is 5.75 Å². The van der Waals surface area contributed by atoms with Gasteiger partial charge in [0.15, 0.2) is 0 Å². The van der Waals surface area contributed by atoms with Crippen LogP contribution in [0.25, 0.3) is 0 Å². The molecular weight excluding hydrogens is 299 g/mol. The van der Waals surface area contributed by atoms with Gasteiger partial charge in [-0.1, -0.05) is 12.1 Å². The van der Waals surface area contributed by atoms with E-state index in [4.69, 9.17) is 4.74 Å². The summed E-state index contributed by atoms with van der Waals surface area (Å²) in [5.41, 5.74) is 0.923. The lowest BCUT2D eigenvalue weighted by Crippen LogP contribution is -2.34. The third kappa shape index (κ3) is 3.01. The van der Waals surface area contributed by atoms with Gasteiger partial charge in [0.05, 0.1) is 19.2 Å². The number of anilines is 2. The molecule has 118 valence electrons. The van der Waals surface area contributed by atoms with Gasteiger partial charge in [0.2, 0.25) is 5.91 Å². The molecule has 3 rings (SSSR count). The average Bonchev–Trinajstić information content (AvgIpc) is 2.81. The Bertz CT molecular complexity index is 763. The number of halogens is 1. The van der Waals surface area contributed by atoms with Crippen LogP contribution in [0, 0.1) is 5.82 Å². The molecular formula is C17H15FN2O3. The van der Waals surface area contributed by atoms with Gasteiger partial charge < -0.3 is 10.1 Å². The van der Waals surface area contributed by atoms with Gasteiger partial charge in [-0.15, -0.1) is 0 Å². The number of benzene rings is 2. The highest BCUT2D eigenvalue weighted by atomic mass is 19.1. The van der Waals surface area contributed by atoms with Crippen LogP contribution in [-0.2, 0) is 9.59 Å². The highest BCUT2D eigenvalue weighted by molar-refractivity contribution is 6.23. The third-order valence-electron chi connectivity index (χ3n) is 3.62. The van der Waals surface area contributed by atoms with Gasteiger partial charge >= 0.3 is 0 Å². The van der Waals surface area contributed by atoms with E-state index < -0.39 is 11.9 Å². The van der Waals surface area contributed by atoms with E-state index in [1.165, 1.54) is 19.2 Å². The maximum Gasteiger partial charge on any atom is 0.256 e. The Balaban J connectivity index is 1.82. The van der Waals surface area contributed by atoms with Gasteiger partial charge in [-0.05, 0) is 30.3 Å². The SMILES string of the molecule is COc1cccc(N2C(=O)C[C@H](Nc3cccc(F)c3)C2=O)c1. The molecule has 2 amide bonds. The number of carbonyl (C=O) groups is 2. The average molecular weight is 314 g/mol. The van der Waals surface area contributed by atoms with E-state index in [9.17, 15) is 14.0 Å². The van der Waals surface area contributed by atoms with E-state index in [1.807, 2.05) is 0 Å². The van der Waals surface area contributed by atoms with Crippen molar-refractivity contribution in [1.82, 2.24) is 0 Å². The maximum atomic E-state index is 13.2. The normalized spacial score (nSPS) is 17.5. The molecule has 23 heavy (non-hydrogen) atoms. The van der Waals surface area contributed by atoms with Crippen LogP contribution >= 0.6 is 0 Å². The number of hydrogen-bond acceptors (Lipinski definition) is 4. The van der Waals surface area contributed by atoms with Crippen molar-refractivity contribution in [1.29, 1.82) is 0 Å². The number of amides is 2. The summed E-state index contributed by atoms with van der Waals surface area (Å²) in [5.74, 6) is -0.522. The molecule has 0 spiro atoms. The predicted octanol–water partition coefficient (Wildman–Crippen LogP) is 2.58. The molecule has 0 unspecified atom stereocenters. The molecule has 1 aliphatic heterocycles. The van der Waals surface area contributed by atoms with Crippen LogP contribution in [0.5, 0.6) is 5.75 Å². The molecule has 5 nitrogen and oxygen atoms in total. The number of ether oxygens (including phenoxy) is 1. The van der Waals surface area contributed by atoms with E-state index in [1.54, 1.807) is 36.4 Å². The summed E-state index contributed by atoms with van der Waals surface area (Å²) in [6, 6.07) is 11.8. The van der Waals surface area contributed by atoms with Crippen molar-refractivity contribution in [2.45, 2.75) is 12.5 Å². The molecule has 0 saturated carbocycles. The van der Waals surface area contributed by atoms with Gasteiger partial charge in [0, 0.05) is 11.8 Å². The molecule has 0 aromatic heterocycles. The largest absolute Gasteiger partial charge is 0.497 e. The summed E-state index contributed by atoms with van der Waals surface area (Å²) in [6.45, 7) is 0. The lowest BCUT2D eigenvalue weighted by molar-refractivity contribution is -0.121. The molecule has 2 aromatic carbocycles. The van der Waals surface area contributed by atoms with Crippen molar-refractivity contribution in [3.05, 3.63) is 54.3 Å². The molecule has 0 aliphatic carbocycles. The van der Waals surface area contributed by atoms with E-state index in [-0.39, 0.29) is 18.2 Å². The Morgan fingerprint density at radius 3 is 2.70 bits per heavy atom. The zero-order valence-corrected chi connectivity index (χ0v) is 12.5. The van der Waals surface area contributed by atoms with Crippen LogP contribution in [0.4, 0.5) is 15.8 Å². The molecule has 1 saturated heterocycles. The summed E-state index contributed by atoms with van der Waals surface area (Å²) in [4.78, 5) is 25.8. The minimum absolute atomic E-state index is 0.0204. The molecule has 1 N–H and O–H groups in total. The number of nitrogens with zero attached hydrogens (tertiary/aromatic N) is 1. The van der Waals surface area contributed by atoms with Crippen molar-refractivity contribution >= 4 is 23.2 Å². The summed E-state index contributed by atoms with van der Waals surface area (Å²) >= 11 is 0. The van der Waals surface area contributed by atoms with Crippen molar-refractivity contribution in [2.75, 3.05) is 17.3 Å². The standard InChI is InChI=1S/C17H15FN2O3/c1-23-14-7-3-6-13(9-14)20-16(21)10-15(17(20)22)19-12-5-2-4-11(18)8-12/h2-9,15,19H,10H2,1H3/t15-/m0/s1. The van der Waals surface area contributed by atoms with Crippen LogP contribution in [0.1, 0.15) is 6.42 Å². The number of methoxy groups -OCH3 is 1. The smallest absolute Gasteiger partial charge is 0.256 e. The number of hydrogen-bond donors (Lipinski definition) is 1. The quantitative estimate of drug-likeness (QED) is 0.881. The number of carbonyl (C=O) groups excluding carboxylic acids is 2. The van der Waals surface area contributed by atoms with Crippen LogP contribution in [0.15, 0.2) is 48.5 Å². The first-order chi connectivity index (χ1) is 11.1. The lowest BCUT2D eigenvalue weighted by Gasteiger charge is -2.16. The minimum atomic E-state index is -0.712. The fraction of sp³-hybridized carbons (Fsp3) is 0.176. The first-order valence-corrected chi connectivity index (χ1v) is 7.11. The summed E-state index contributed by atoms with van der Waals surface area (Å²) in [6.07, 6.45) is 0.0204. The van der Waals surface area contributed by atoms with Crippen LogP contribution in [0.2, 0.25) is 0 Å². The summed E-state index contributed by atoms with van der Waals surface area (Å²) < 4.78 is 18.3. The Hall–Kier alpha value is -2.89. The molecule has 6 heteroatoms. The summed E-state index contributed by atoms with van der Waals surface area (Å²) in [7, 11) is 1.51. The number of nitrogens with one attached hydrogen (secondary N) is 1. The van der Waals surface area contributed by atoms with Gasteiger partial charge in [-0.2, -0.15) is 0 Å². The van der Waals surface area contributed by atoms with Crippen LogP contribution in [0.3, 0.4) is 0 Å². The molecule has 0 bridgehead atoms. The zero-order chi connectivity index (χ0) is 16.4. The molecule has 0 radical (unpaired) electrons. The second kappa shape index (κ2) is 6.08. The van der Waals surface area contributed by atoms with Gasteiger partial charge in [-0.3, -0.25) is 9.59 Å². The highest BCUT2D eigenvalue weighted by Crippen LogP contribution is 2.27. The maximum absolute atomic E-state index is 13.2. The number of imide groups is 1. The summed E-state index contributed by atoms with van der Waals surface area (Å²) in [5, 5.41) is 2.91. The third-order valence-corrected chi connectivity index (χ3v) is 3.62. The van der Waals surface area contributed by atoms with Crippen molar-refractivity contribution in [3.63, 3.8) is 0 Å². The van der Waals surface area contributed by atoms with Crippen LogP contribution < -0.4 is 15.0 Å². The van der Waals surface area contributed by atoms with Crippen molar-refractivity contribution < 1.29 is 18.7 Å². The van der Waals surface area contributed by atoms with E-state index in [0.717, 1.165) is 4.90 Å². The first-order valence-electron chi connectivity index (χ1n) is 7.11. The second-order valence-corrected chi connectivity index (χ2v) is 5.18. The predicted molar refractivity (Wildman–Crippen MR) is 83.9 cm³/mol. The van der Waals surface area contributed by atoms with Gasteiger partial charge in [0.1, 0.15) is 17.6 Å². The topological polar surface area (TPSA) is 58.6 Å². The molecule has 2 aromatic rings. The Morgan fingerprint density at radius 1 is 1.17 bits per heavy atom. The highest BCUT2D eigenvalue weighted by Gasteiger charge is 2.39. The van der Waals surface area contributed by atoms with Crippen molar-refractivity contribution in [2.24, 2.45) is 0 Å². The minimum Gasteiger partial charge on any atom is -0.497 e.